The molecule has 1 aromatic heterocycles. The summed E-state index contributed by atoms with van der Waals surface area (Å²) in [5.74, 6) is -3.07. The van der Waals surface area contributed by atoms with Crippen molar-refractivity contribution in [3.8, 4) is 0 Å². The molecule has 1 heterocycles. The molecule has 0 aliphatic carbocycles. The average molecular weight is 763 g/mol. The van der Waals surface area contributed by atoms with Crippen LogP contribution in [0.2, 0.25) is 0 Å². The first-order valence-electron chi connectivity index (χ1n) is 17.1. The smallest absolute Gasteiger partial charge is 0.475 e. The molecule has 4 aromatic rings. The summed E-state index contributed by atoms with van der Waals surface area (Å²) in [6, 6.07) is 23.4. The molecule has 11 nitrogen and oxygen atoms in total. The number of aliphatic hydroxyl groups excluding tert-OH is 1. The Hall–Kier alpha value is -4.44. The van der Waals surface area contributed by atoms with Gasteiger partial charge in [-0.3, -0.25) is 9.62 Å². The number of hydrogen-bond donors (Lipinski definition) is 4. The molecule has 0 spiro atoms. The summed E-state index contributed by atoms with van der Waals surface area (Å²) >= 11 is 0. The Bertz CT molecular complexity index is 1910. The third-order valence-electron chi connectivity index (χ3n) is 8.49. The van der Waals surface area contributed by atoms with Gasteiger partial charge in [0.25, 0.3) is 10.0 Å². The Morgan fingerprint density at radius 3 is 2.17 bits per heavy atom. The zero-order chi connectivity index (χ0) is 39.6. The van der Waals surface area contributed by atoms with Crippen molar-refractivity contribution < 1.29 is 46.1 Å². The fourth-order valence-corrected chi connectivity index (χ4v) is 6.63. The quantitative estimate of drug-likeness (QED) is 0.0900. The van der Waals surface area contributed by atoms with Gasteiger partial charge in [-0.2, -0.15) is 13.2 Å². The van der Waals surface area contributed by atoms with Crippen LogP contribution in [0.4, 0.5) is 18.9 Å². The van der Waals surface area contributed by atoms with Gasteiger partial charge in [0.15, 0.2) is 0 Å². The molecule has 15 heteroatoms. The molecule has 0 saturated heterocycles. The first kappa shape index (κ1) is 43.0. The van der Waals surface area contributed by atoms with Crippen LogP contribution in [0.3, 0.4) is 0 Å². The highest BCUT2D eigenvalue weighted by Gasteiger charge is 2.38. The van der Waals surface area contributed by atoms with E-state index in [0.717, 1.165) is 23.9 Å². The molecule has 290 valence electrons. The van der Waals surface area contributed by atoms with Crippen LogP contribution in [0.5, 0.6) is 0 Å². The van der Waals surface area contributed by atoms with Gasteiger partial charge in [-0.1, -0.05) is 30.3 Å². The lowest BCUT2D eigenvalue weighted by Crippen LogP contribution is -2.42. The zero-order valence-electron chi connectivity index (χ0n) is 30.7. The number of aliphatic carboxylic acids is 1. The van der Waals surface area contributed by atoms with E-state index in [4.69, 9.17) is 14.6 Å². The number of nitrogens with one attached hydrogen (secondary N) is 2. The van der Waals surface area contributed by atoms with E-state index >= 15 is 0 Å². The van der Waals surface area contributed by atoms with E-state index in [1.807, 2.05) is 30.5 Å². The highest BCUT2D eigenvalue weighted by molar-refractivity contribution is 7.92. The fourth-order valence-electron chi connectivity index (χ4n) is 5.56. The highest BCUT2D eigenvalue weighted by atomic mass is 32.2. The van der Waals surface area contributed by atoms with E-state index < -0.39 is 28.3 Å². The maximum absolute atomic E-state index is 12.7. The van der Waals surface area contributed by atoms with Crippen LogP contribution in [-0.2, 0) is 26.1 Å². The minimum absolute atomic E-state index is 0.175. The topological polar surface area (TPSA) is 150 Å². The first-order valence-corrected chi connectivity index (χ1v) is 18.6. The molecule has 0 aliphatic rings. The molecule has 0 unspecified atom stereocenters. The second-order valence-electron chi connectivity index (χ2n) is 13.7. The van der Waals surface area contributed by atoms with Crippen molar-refractivity contribution in [2.75, 3.05) is 24.4 Å². The number of nitrogens with zero attached hydrogens (tertiary/aromatic N) is 2. The lowest BCUT2D eigenvalue weighted by Gasteiger charge is -2.30. The summed E-state index contributed by atoms with van der Waals surface area (Å²) in [7, 11) is -3.73. The number of anilines is 1. The monoisotopic (exact) mass is 762 g/mol. The lowest BCUT2D eigenvalue weighted by atomic mass is 9.99. The predicted octanol–water partition coefficient (Wildman–Crippen LogP) is 6.84. The van der Waals surface area contributed by atoms with Gasteiger partial charge in [0.05, 0.1) is 16.6 Å². The molecule has 0 aliphatic heterocycles. The Kier molecular flexibility index (Phi) is 15.0. The number of alkyl halides is 3. The predicted molar refractivity (Wildman–Crippen MR) is 198 cm³/mol. The molecule has 0 radical (unpaired) electrons. The molecular weight excluding hydrogens is 714 g/mol. The van der Waals surface area contributed by atoms with E-state index in [2.05, 4.69) is 61.0 Å². The summed E-state index contributed by atoms with van der Waals surface area (Å²) in [6.07, 6.45) is -3.10. The average Bonchev–Trinajstić information content (AvgIpc) is 3.50. The lowest BCUT2D eigenvalue weighted by molar-refractivity contribution is -0.192. The van der Waals surface area contributed by atoms with Crippen molar-refractivity contribution in [1.82, 2.24) is 14.8 Å². The number of benzene rings is 3. The number of carboxylic acid groups (broad SMARTS) is 1. The summed E-state index contributed by atoms with van der Waals surface area (Å²) < 4.78 is 67.5. The van der Waals surface area contributed by atoms with Gasteiger partial charge < -0.3 is 24.8 Å². The molecule has 3 aromatic carbocycles. The van der Waals surface area contributed by atoms with Gasteiger partial charge in [0.1, 0.15) is 6.61 Å². The Morgan fingerprint density at radius 2 is 1.57 bits per heavy atom. The number of halogens is 3. The summed E-state index contributed by atoms with van der Waals surface area (Å²) in [6.45, 7) is 14.8. The normalized spacial score (nSPS) is 12.8. The van der Waals surface area contributed by atoms with E-state index in [0.29, 0.717) is 48.6 Å². The zero-order valence-corrected chi connectivity index (χ0v) is 31.5. The minimum Gasteiger partial charge on any atom is -0.475 e. The van der Waals surface area contributed by atoms with Gasteiger partial charge in [-0.05, 0) is 102 Å². The van der Waals surface area contributed by atoms with E-state index in [9.17, 15) is 31.5 Å². The van der Waals surface area contributed by atoms with E-state index in [1.54, 1.807) is 42.5 Å². The van der Waals surface area contributed by atoms with Crippen molar-refractivity contribution in [1.29, 1.82) is 0 Å². The number of carbonyl (C=O) groups excluding carboxylic acids is 1. The highest BCUT2D eigenvalue weighted by Crippen LogP contribution is 2.23. The molecule has 0 saturated carbocycles. The van der Waals surface area contributed by atoms with Gasteiger partial charge in [-0.25, -0.2) is 18.0 Å². The maximum Gasteiger partial charge on any atom is 0.490 e. The van der Waals surface area contributed by atoms with Crippen LogP contribution in [0.15, 0.2) is 90.0 Å². The number of carbonyl (C=O) groups is 2. The third-order valence-corrected chi connectivity index (χ3v) is 9.88. The second-order valence-corrected chi connectivity index (χ2v) is 15.4. The molecule has 0 fully saturated rings. The Labute approximate surface area is 308 Å². The van der Waals surface area contributed by atoms with Crippen molar-refractivity contribution >= 4 is 38.6 Å². The van der Waals surface area contributed by atoms with E-state index in [-0.39, 0.29) is 16.4 Å². The number of rotatable bonds is 16. The molecule has 0 bridgehead atoms. The molecule has 4 rings (SSSR count). The standard InChI is InChI=1S/C36H48N4O5S.C2HF3O2/c1-26(2)40(27(3)4)21-22-45-35(42)30-15-16-33-28(23-30)17-19-39(33)20-18-36(5,6)37-25-34(41)29-11-10-12-31(24-29)38-46(43,44)32-13-8-7-9-14-32;3-2(4,5)1(6)7/h7-17,19,23-24,26-27,34,37-38,41H,18,20-22,25H2,1-6H3;(H,6,7)/t34-;/m0./s1. The number of aryl methyl sites for hydroxylation is 1. The molecule has 53 heavy (non-hydrogen) atoms. The Balaban J connectivity index is 0.000000980. The minimum atomic E-state index is -5.08. The largest absolute Gasteiger partial charge is 0.490 e. The number of ether oxygens (including phenoxy) is 1. The van der Waals surface area contributed by atoms with Gasteiger partial charge >= 0.3 is 18.1 Å². The SMILES string of the molecule is CC(C)N(CCOC(=O)c1ccc2c(ccn2CCC(C)(C)NC[C@H](O)c2cccc(NS(=O)(=O)c3ccccc3)c2)c1)C(C)C.O=C(O)C(F)(F)F. The van der Waals surface area contributed by atoms with Crippen molar-refractivity contribution in [2.24, 2.45) is 0 Å². The third kappa shape index (κ3) is 13.2. The number of carboxylic acids is 1. The molecule has 1 atom stereocenters. The summed E-state index contributed by atoms with van der Waals surface area (Å²) in [4.78, 5) is 24.1. The van der Waals surface area contributed by atoms with Crippen molar-refractivity contribution in [3.63, 3.8) is 0 Å². The van der Waals surface area contributed by atoms with Crippen LogP contribution in [-0.4, -0.2) is 83.5 Å². The van der Waals surface area contributed by atoms with Crippen molar-refractivity contribution in [2.45, 2.75) is 89.3 Å². The van der Waals surface area contributed by atoms with Gasteiger partial charge in [0, 0.05) is 60.0 Å². The molecule has 0 amide bonds. The van der Waals surface area contributed by atoms with Crippen LogP contribution in [0, 0.1) is 0 Å². The first-order chi connectivity index (χ1) is 24.7. The number of esters is 1. The molecular formula is C38H49F3N4O7S. The summed E-state index contributed by atoms with van der Waals surface area (Å²) in [5, 5.41) is 22.5. The molecule has 4 N–H and O–H groups in total. The number of hydrogen-bond acceptors (Lipinski definition) is 8. The van der Waals surface area contributed by atoms with Gasteiger partial charge in [0.2, 0.25) is 0 Å². The van der Waals surface area contributed by atoms with E-state index in [1.165, 1.54) is 12.1 Å². The second kappa shape index (κ2) is 18.5. The van der Waals surface area contributed by atoms with Crippen molar-refractivity contribution in [3.05, 3.63) is 96.2 Å². The van der Waals surface area contributed by atoms with Gasteiger partial charge in [-0.15, -0.1) is 0 Å². The van der Waals surface area contributed by atoms with Crippen LogP contribution in [0.1, 0.15) is 70.0 Å². The van der Waals surface area contributed by atoms with Crippen LogP contribution >= 0.6 is 0 Å². The number of sulfonamides is 1. The summed E-state index contributed by atoms with van der Waals surface area (Å²) in [5.41, 5.74) is 2.28. The maximum atomic E-state index is 12.7. The number of β-amino-alcohol motifs (C(OH)–C–C–N with tert-alkyl or cyclic N) is 1. The number of aromatic nitrogens is 1. The number of aliphatic hydroxyl groups is 1. The fraction of sp³-hybridized carbons (Fsp3) is 0.421. The van der Waals surface area contributed by atoms with Crippen LogP contribution in [0.25, 0.3) is 10.9 Å². The number of fused-ring (bicyclic) bond motifs is 1. The van der Waals surface area contributed by atoms with Crippen LogP contribution < -0.4 is 10.0 Å². The Morgan fingerprint density at radius 1 is 0.925 bits per heavy atom.